The van der Waals surface area contributed by atoms with E-state index in [9.17, 15) is 5.11 Å². The van der Waals surface area contributed by atoms with E-state index in [2.05, 4.69) is 46.8 Å². The van der Waals surface area contributed by atoms with Gasteiger partial charge in [-0.15, -0.1) is 0 Å². The minimum atomic E-state index is -0.000672. The van der Waals surface area contributed by atoms with E-state index in [0.717, 1.165) is 58.2 Å². The largest absolute Gasteiger partial charge is 0.396 e. The van der Waals surface area contributed by atoms with Crippen LogP contribution in [0.15, 0.2) is 6.07 Å². The first-order valence-electron chi connectivity index (χ1n) is 10.6. The maximum atomic E-state index is 10.3. The number of aliphatic hydroxyl groups is 1. The van der Waals surface area contributed by atoms with Gasteiger partial charge in [-0.2, -0.15) is 5.10 Å². The van der Waals surface area contributed by atoms with Gasteiger partial charge in [-0.1, -0.05) is 20.8 Å². The zero-order chi connectivity index (χ0) is 19.8. The summed E-state index contributed by atoms with van der Waals surface area (Å²) in [6.07, 6.45) is 0. The van der Waals surface area contributed by atoms with Crippen LogP contribution in [-0.4, -0.2) is 90.9 Å². The summed E-state index contributed by atoms with van der Waals surface area (Å²) in [6.45, 7) is 15.7. The number of nitrogens with zero attached hydrogens (tertiary/aromatic N) is 3. The van der Waals surface area contributed by atoms with Crippen LogP contribution in [0.2, 0.25) is 0 Å². The molecular formula is C21H36N4O3. The Bertz CT molecular complexity index is 650. The van der Waals surface area contributed by atoms with Crippen LogP contribution in [0, 0.1) is 17.3 Å². The summed E-state index contributed by atoms with van der Waals surface area (Å²) in [5.74, 6) is 0.962. The minimum Gasteiger partial charge on any atom is -0.396 e. The summed E-state index contributed by atoms with van der Waals surface area (Å²) in [6, 6.07) is 2.19. The number of likely N-dealkylation sites (tertiary alicyclic amines) is 2. The summed E-state index contributed by atoms with van der Waals surface area (Å²) in [5.41, 5.74) is 2.34. The van der Waals surface area contributed by atoms with E-state index in [0.29, 0.717) is 25.0 Å². The SMILES string of the molecule is CC(C)(C)c1cc(CN2CC3CN(CC4COCCOC4)CC3(CO)C2)[nH]n1. The molecule has 7 heteroatoms. The minimum absolute atomic E-state index is 0.000672. The molecule has 0 aromatic carbocycles. The second-order valence-corrected chi connectivity index (χ2v) is 10.1. The van der Waals surface area contributed by atoms with Crippen molar-refractivity contribution in [3.8, 4) is 0 Å². The highest BCUT2D eigenvalue weighted by molar-refractivity contribution is 5.17. The number of nitrogens with one attached hydrogen (secondary N) is 1. The lowest BCUT2D eigenvalue weighted by molar-refractivity contribution is 0.0883. The molecule has 3 saturated heterocycles. The Morgan fingerprint density at radius 2 is 1.86 bits per heavy atom. The van der Waals surface area contributed by atoms with Gasteiger partial charge in [0, 0.05) is 61.7 Å². The van der Waals surface area contributed by atoms with Gasteiger partial charge in [-0.25, -0.2) is 0 Å². The smallest absolute Gasteiger partial charge is 0.0700 e. The van der Waals surface area contributed by atoms with Crippen molar-refractivity contribution in [3.05, 3.63) is 17.5 Å². The van der Waals surface area contributed by atoms with Crippen LogP contribution in [-0.2, 0) is 21.4 Å². The zero-order valence-electron chi connectivity index (χ0n) is 17.6. The molecule has 3 aliphatic rings. The molecule has 0 saturated carbocycles. The normalized spacial score (nSPS) is 30.6. The number of aromatic nitrogens is 2. The molecule has 3 aliphatic heterocycles. The number of ether oxygens (including phenoxy) is 2. The lowest BCUT2D eigenvalue weighted by Crippen LogP contribution is -2.39. The average Bonchev–Trinajstić information content (AvgIpc) is 3.24. The predicted molar refractivity (Wildman–Crippen MR) is 107 cm³/mol. The van der Waals surface area contributed by atoms with E-state index in [-0.39, 0.29) is 17.4 Å². The van der Waals surface area contributed by atoms with Crippen molar-refractivity contribution in [1.29, 1.82) is 0 Å². The molecular weight excluding hydrogens is 356 g/mol. The zero-order valence-corrected chi connectivity index (χ0v) is 17.6. The molecule has 2 N–H and O–H groups in total. The van der Waals surface area contributed by atoms with Gasteiger partial charge >= 0.3 is 0 Å². The Labute approximate surface area is 168 Å². The van der Waals surface area contributed by atoms with Crippen molar-refractivity contribution < 1.29 is 14.6 Å². The van der Waals surface area contributed by atoms with Gasteiger partial charge in [-0.05, 0) is 12.0 Å². The molecule has 4 rings (SSSR count). The van der Waals surface area contributed by atoms with Crippen molar-refractivity contribution >= 4 is 0 Å². The van der Waals surface area contributed by atoms with E-state index in [1.54, 1.807) is 0 Å². The van der Waals surface area contributed by atoms with Crippen molar-refractivity contribution in [1.82, 2.24) is 20.0 Å². The van der Waals surface area contributed by atoms with Crippen LogP contribution in [0.3, 0.4) is 0 Å². The number of H-pyrrole nitrogens is 1. The molecule has 158 valence electrons. The summed E-state index contributed by atoms with van der Waals surface area (Å²) in [5, 5.41) is 18.0. The quantitative estimate of drug-likeness (QED) is 0.782. The van der Waals surface area contributed by atoms with Crippen LogP contribution >= 0.6 is 0 Å². The molecule has 2 atom stereocenters. The third-order valence-corrected chi connectivity index (χ3v) is 6.60. The first kappa shape index (κ1) is 20.3. The van der Waals surface area contributed by atoms with Gasteiger partial charge in [0.25, 0.3) is 0 Å². The number of aromatic amines is 1. The average molecular weight is 393 g/mol. The maximum absolute atomic E-state index is 10.3. The fourth-order valence-electron chi connectivity index (χ4n) is 5.09. The van der Waals surface area contributed by atoms with E-state index >= 15 is 0 Å². The summed E-state index contributed by atoms with van der Waals surface area (Å²) in [7, 11) is 0. The van der Waals surface area contributed by atoms with Crippen molar-refractivity contribution in [2.75, 3.05) is 65.8 Å². The third-order valence-electron chi connectivity index (χ3n) is 6.60. The summed E-state index contributed by atoms with van der Waals surface area (Å²) >= 11 is 0. The molecule has 1 aromatic rings. The van der Waals surface area contributed by atoms with Crippen LogP contribution in [0.4, 0.5) is 0 Å². The first-order valence-corrected chi connectivity index (χ1v) is 10.6. The number of fused-ring (bicyclic) bond motifs is 1. The van der Waals surface area contributed by atoms with Gasteiger partial charge < -0.3 is 19.5 Å². The van der Waals surface area contributed by atoms with Gasteiger partial charge in [0.2, 0.25) is 0 Å². The number of aliphatic hydroxyl groups excluding tert-OH is 1. The highest BCUT2D eigenvalue weighted by atomic mass is 16.5. The monoisotopic (exact) mass is 392 g/mol. The molecule has 2 unspecified atom stereocenters. The maximum Gasteiger partial charge on any atom is 0.0700 e. The molecule has 0 radical (unpaired) electrons. The highest BCUT2D eigenvalue weighted by Crippen LogP contribution is 2.42. The van der Waals surface area contributed by atoms with E-state index in [1.165, 1.54) is 5.69 Å². The van der Waals surface area contributed by atoms with Crippen LogP contribution in [0.5, 0.6) is 0 Å². The Morgan fingerprint density at radius 1 is 1.18 bits per heavy atom. The Balaban J connectivity index is 1.34. The number of rotatable bonds is 5. The molecule has 1 aromatic heterocycles. The van der Waals surface area contributed by atoms with Crippen LogP contribution < -0.4 is 0 Å². The van der Waals surface area contributed by atoms with Crippen LogP contribution in [0.25, 0.3) is 0 Å². The Morgan fingerprint density at radius 3 is 2.46 bits per heavy atom. The first-order chi connectivity index (χ1) is 13.4. The van der Waals surface area contributed by atoms with Crippen LogP contribution in [0.1, 0.15) is 32.2 Å². The third kappa shape index (κ3) is 4.28. The van der Waals surface area contributed by atoms with E-state index in [1.807, 2.05) is 0 Å². The fourth-order valence-corrected chi connectivity index (χ4v) is 5.09. The second-order valence-electron chi connectivity index (χ2n) is 10.1. The van der Waals surface area contributed by atoms with Crippen molar-refractivity contribution in [2.24, 2.45) is 17.3 Å². The van der Waals surface area contributed by atoms with Gasteiger partial charge in [0.05, 0.1) is 38.7 Å². The van der Waals surface area contributed by atoms with Crippen molar-refractivity contribution in [3.63, 3.8) is 0 Å². The Kier molecular flexibility index (Phi) is 5.82. The lowest BCUT2D eigenvalue weighted by atomic mass is 9.82. The standard InChI is InChI=1S/C21H36N4O3/c1-20(2,3)19-6-18(22-23-19)10-25-9-17-8-24(13-21(17,14-25)15-26)7-16-11-27-4-5-28-12-16/h6,16-17,26H,4-5,7-15H2,1-3H3,(H,22,23). The molecule has 0 spiro atoms. The van der Waals surface area contributed by atoms with Crippen molar-refractivity contribution in [2.45, 2.75) is 32.7 Å². The van der Waals surface area contributed by atoms with E-state index in [4.69, 9.17) is 9.47 Å². The molecule has 4 heterocycles. The molecule has 0 amide bonds. The van der Waals surface area contributed by atoms with Gasteiger partial charge in [0.1, 0.15) is 0 Å². The Hall–Kier alpha value is -0.990. The van der Waals surface area contributed by atoms with Gasteiger partial charge in [-0.3, -0.25) is 10.00 Å². The fraction of sp³-hybridized carbons (Fsp3) is 0.857. The summed E-state index contributed by atoms with van der Waals surface area (Å²) in [4.78, 5) is 5.00. The molecule has 0 aliphatic carbocycles. The predicted octanol–water partition coefficient (Wildman–Crippen LogP) is 1.10. The molecule has 28 heavy (non-hydrogen) atoms. The van der Waals surface area contributed by atoms with E-state index < -0.39 is 0 Å². The molecule has 3 fully saturated rings. The number of hydrogen-bond donors (Lipinski definition) is 2. The highest BCUT2D eigenvalue weighted by Gasteiger charge is 2.52. The second kappa shape index (κ2) is 8.03. The topological polar surface area (TPSA) is 73.8 Å². The summed E-state index contributed by atoms with van der Waals surface area (Å²) < 4.78 is 11.3. The number of hydrogen-bond acceptors (Lipinski definition) is 6. The van der Waals surface area contributed by atoms with Gasteiger partial charge in [0.15, 0.2) is 0 Å². The molecule has 0 bridgehead atoms. The lowest BCUT2D eigenvalue weighted by Gasteiger charge is -2.28. The molecule has 7 nitrogen and oxygen atoms in total.